The fraction of sp³-hybridized carbons (Fsp3) is 0.360. The second-order valence-corrected chi connectivity index (χ2v) is 8.45. The molecule has 0 spiro atoms. The maximum absolute atomic E-state index is 5.51. The SMILES string of the molecule is COc1ccccc1CN1CCN(CCCc2c[nH]c3ccc(-n4cnnc4)cc23)CC1. The normalized spacial score (nSPS) is 15.4. The van der Waals surface area contributed by atoms with Crippen molar-refractivity contribution in [2.75, 3.05) is 39.8 Å². The third-order valence-corrected chi connectivity index (χ3v) is 6.44. The van der Waals surface area contributed by atoms with E-state index >= 15 is 0 Å². The lowest BCUT2D eigenvalue weighted by Gasteiger charge is -2.35. The number of H-pyrrole nitrogens is 1. The molecule has 166 valence electrons. The minimum atomic E-state index is 0.960. The Morgan fingerprint density at radius 3 is 2.53 bits per heavy atom. The number of piperazine rings is 1. The lowest BCUT2D eigenvalue weighted by atomic mass is 10.1. The molecular formula is C25H30N6O. The van der Waals surface area contributed by atoms with Crippen LogP contribution in [0.5, 0.6) is 5.75 Å². The number of methoxy groups -OCH3 is 1. The van der Waals surface area contributed by atoms with E-state index < -0.39 is 0 Å². The van der Waals surface area contributed by atoms with Gasteiger partial charge in [0.2, 0.25) is 0 Å². The highest BCUT2D eigenvalue weighted by molar-refractivity contribution is 5.85. The van der Waals surface area contributed by atoms with Gasteiger partial charge in [-0.05, 0) is 49.2 Å². The van der Waals surface area contributed by atoms with Crippen LogP contribution in [0.3, 0.4) is 0 Å². The number of hydrogen-bond donors (Lipinski definition) is 1. The summed E-state index contributed by atoms with van der Waals surface area (Å²) in [6, 6.07) is 14.8. The Morgan fingerprint density at radius 1 is 0.938 bits per heavy atom. The van der Waals surface area contributed by atoms with Gasteiger partial charge in [-0.15, -0.1) is 10.2 Å². The van der Waals surface area contributed by atoms with Crippen molar-refractivity contribution in [2.24, 2.45) is 0 Å². The van der Waals surface area contributed by atoms with E-state index in [0.717, 1.165) is 63.5 Å². The van der Waals surface area contributed by atoms with Gasteiger partial charge in [-0.25, -0.2) is 0 Å². The molecule has 1 aliphatic heterocycles. The van der Waals surface area contributed by atoms with Gasteiger partial charge in [-0.2, -0.15) is 0 Å². The van der Waals surface area contributed by atoms with E-state index in [4.69, 9.17) is 4.74 Å². The number of aromatic amines is 1. The van der Waals surface area contributed by atoms with Gasteiger partial charge in [0.05, 0.1) is 7.11 Å². The zero-order chi connectivity index (χ0) is 21.8. The van der Waals surface area contributed by atoms with E-state index in [1.54, 1.807) is 19.8 Å². The van der Waals surface area contributed by atoms with Crippen molar-refractivity contribution >= 4 is 10.9 Å². The average molecular weight is 431 g/mol. The Bertz CT molecular complexity index is 1140. The molecule has 1 aliphatic rings. The van der Waals surface area contributed by atoms with Gasteiger partial charge in [-0.3, -0.25) is 9.47 Å². The number of benzene rings is 2. The van der Waals surface area contributed by atoms with Gasteiger partial charge < -0.3 is 14.6 Å². The summed E-state index contributed by atoms with van der Waals surface area (Å²) in [4.78, 5) is 8.54. The van der Waals surface area contributed by atoms with Crippen LogP contribution in [0.4, 0.5) is 0 Å². The van der Waals surface area contributed by atoms with Crippen LogP contribution in [-0.2, 0) is 13.0 Å². The van der Waals surface area contributed by atoms with Crippen LogP contribution in [-0.4, -0.2) is 69.4 Å². The summed E-state index contributed by atoms with van der Waals surface area (Å²) >= 11 is 0. The average Bonchev–Trinajstić information content (AvgIpc) is 3.51. The number of ether oxygens (including phenoxy) is 1. The molecule has 7 nitrogen and oxygen atoms in total. The molecule has 1 N–H and O–H groups in total. The van der Waals surface area contributed by atoms with Gasteiger partial charge >= 0.3 is 0 Å². The molecule has 2 aromatic heterocycles. The number of nitrogens with zero attached hydrogens (tertiary/aromatic N) is 5. The van der Waals surface area contributed by atoms with Crippen molar-refractivity contribution in [1.29, 1.82) is 0 Å². The van der Waals surface area contributed by atoms with E-state index in [-0.39, 0.29) is 0 Å². The molecule has 4 aromatic rings. The summed E-state index contributed by atoms with van der Waals surface area (Å²) in [5, 5.41) is 9.12. The number of para-hydroxylation sites is 1. The summed E-state index contributed by atoms with van der Waals surface area (Å²) in [7, 11) is 1.75. The zero-order valence-corrected chi connectivity index (χ0v) is 18.6. The van der Waals surface area contributed by atoms with E-state index in [1.165, 1.54) is 22.0 Å². The molecule has 32 heavy (non-hydrogen) atoms. The molecule has 0 atom stereocenters. The number of aromatic nitrogens is 4. The fourth-order valence-corrected chi connectivity index (χ4v) is 4.61. The quantitative estimate of drug-likeness (QED) is 0.464. The largest absolute Gasteiger partial charge is 0.496 e. The smallest absolute Gasteiger partial charge is 0.123 e. The van der Waals surface area contributed by atoms with Crippen molar-refractivity contribution in [1.82, 2.24) is 29.5 Å². The Balaban J connectivity index is 1.13. The van der Waals surface area contributed by atoms with Crippen LogP contribution >= 0.6 is 0 Å². The first kappa shape index (κ1) is 20.7. The molecule has 0 saturated carbocycles. The third-order valence-electron chi connectivity index (χ3n) is 6.44. The Labute approximate surface area is 188 Å². The Hall–Kier alpha value is -3.16. The molecule has 2 aromatic carbocycles. The summed E-state index contributed by atoms with van der Waals surface area (Å²) in [5.41, 5.74) is 4.93. The second-order valence-electron chi connectivity index (χ2n) is 8.45. The van der Waals surface area contributed by atoms with Crippen LogP contribution in [0.15, 0.2) is 61.3 Å². The van der Waals surface area contributed by atoms with Crippen molar-refractivity contribution in [3.05, 3.63) is 72.4 Å². The van der Waals surface area contributed by atoms with Gasteiger partial charge in [0.1, 0.15) is 18.4 Å². The van der Waals surface area contributed by atoms with E-state index in [2.05, 4.69) is 61.5 Å². The van der Waals surface area contributed by atoms with Crippen molar-refractivity contribution < 1.29 is 4.74 Å². The summed E-state index contributed by atoms with van der Waals surface area (Å²) in [5.74, 6) is 0.987. The Kier molecular flexibility index (Phi) is 6.18. The number of fused-ring (bicyclic) bond motifs is 1. The third kappa shape index (κ3) is 4.54. The molecule has 5 rings (SSSR count). The first-order chi connectivity index (χ1) is 15.8. The van der Waals surface area contributed by atoms with Crippen molar-refractivity contribution in [2.45, 2.75) is 19.4 Å². The Morgan fingerprint density at radius 2 is 1.72 bits per heavy atom. The van der Waals surface area contributed by atoms with Crippen LogP contribution < -0.4 is 4.74 Å². The van der Waals surface area contributed by atoms with Crippen molar-refractivity contribution in [3.63, 3.8) is 0 Å². The van der Waals surface area contributed by atoms with E-state index in [0.29, 0.717) is 0 Å². The van der Waals surface area contributed by atoms with Crippen LogP contribution in [0.1, 0.15) is 17.5 Å². The molecular weight excluding hydrogens is 400 g/mol. The summed E-state index contributed by atoms with van der Waals surface area (Å²) in [6.07, 6.45) is 7.87. The lowest BCUT2D eigenvalue weighted by Crippen LogP contribution is -2.46. The lowest BCUT2D eigenvalue weighted by molar-refractivity contribution is 0.125. The minimum absolute atomic E-state index is 0.960. The topological polar surface area (TPSA) is 62.2 Å². The zero-order valence-electron chi connectivity index (χ0n) is 18.6. The van der Waals surface area contributed by atoms with Crippen molar-refractivity contribution in [3.8, 4) is 11.4 Å². The van der Waals surface area contributed by atoms with Gasteiger partial charge in [0.25, 0.3) is 0 Å². The standard InChI is InChI=1S/C25H30N6O/c1-32-25-7-3-2-5-21(25)17-30-13-11-29(12-14-30)10-4-6-20-16-26-24-9-8-22(15-23(20)24)31-18-27-28-19-31/h2-3,5,7-9,15-16,18-19,26H,4,6,10-14,17H2,1H3. The highest BCUT2D eigenvalue weighted by atomic mass is 16.5. The highest BCUT2D eigenvalue weighted by Gasteiger charge is 2.18. The van der Waals surface area contributed by atoms with Crippen LogP contribution in [0, 0.1) is 0 Å². The monoisotopic (exact) mass is 430 g/mol. The molecule has 7 heteroatoms. The molecule has 0 bridgehead atoms. The molecule has 0 aliphatic carbocycles. The number of hydrogen-bond acceptors (Lipinski definition) is 5. The first-order valence-electron chi connectivity index (χ1n) is 11.3. The van der Waals surface area contributed by atoms with Gasteiger partial charge in [0, 0.05) is 61.1 Å². The van der Waals surface area contributed by atoms with E-state index in [9.17, 15) is 0 Å². The first-order valence-corrected chi connectivity index (χ1v) is 11.3. The second kappa shape index (κ2) is 9.54. The van der Waals surface area contributed by atoms with Crippen LogP contribution in [0.2, 0.25) is 0 Å². The van der Waals surface area contributed by atoms with Crippen LogP contribution in [0.25, 0.3) is 16.6 Å². The molecule has 0 radical (unpaired) electrons. The molecule has 1 fully saturated rings. The van der Waals surface area contributed by atoms with Gasteiger partial charge in [-0.1, -0.05) is 18.2 Å². The number of rotatable bonds is 8. The predicted molar refractivity (Wildman–Crippen MR) is 126 cm³/mol. The highest BCUT2D eigenvalue weighted by Crippen LogP contribution is 2.23. The summed E-state index contributed by atoms with van der Waals surface area (Å²) in [6.45, 7) is 6.56. The maximum atomic E-state index is 5.51. The predicted octanol–water partition coefficient (Wildman–Crippen LogP) is 3.51. The van der Waals surface area contributed by atoms with E-state index in [1.807, 2.05) is 16.7 Å². The number of nitrogens with one attached hydrogen (secondary N) is 1. The maximum Gasteiger partial charge on any atom is 0.123 e. The number of aryl methyl sites for hydroxylation is 1. The molecule has 3 heterocycles. The fourth-order valence-electron chi connectivity index (χ4n) is 4.61. The molecule has 1 saturated heterocycles. The molecule has 0 amide bonds. The van der Waals surface area contributed by atoms with Gasteiger partial charge in [0.15, 0.2) is 0 Å². The summed E-state index contributed by atoms with van der Waals surface area (Å²) < 4.78 is 7.45. The minimum Gasteiger partial charge on any atom is -0.496 e. The molecule has 0 unspecified atom stereocenters.